The third-order valence-corrected chi connectivity index (χ3v) is 1.59. The summed E-state index contributed by atoms with van der Waals surface area (Å²) < 4.78 is 12.3. The molecule has 0 atom stereocenters. The molecule has 0 saturated heterocycles. The van der Waals surface area contributed by atoms with Crippen LogP contribution in [0, 0.1) is 5.82 Å². The van der Waals surface area contributed by atoms with Crippen LogP contribution in [-0.2, 0) is 0 Å². The molecule has 1 N–H and O–H groups in total. The molecule has 0 aromatic carbocycles. The molecule has 48 valence electrons. The first-order chi connectivity index (χ1) is 4.22. The molecular formula is C5H3BrFNO. The van der Waals surface area contributed by atoms with Crippen molar-refractivity contribution < 1.29 is 4.39 Å². The molecule has 1 aromatic heterocycles. The van der Waals surface area contributed by atoms with Gasteiger partial charge in [0.25, 0.3) is 5.56 Å². The van der Waals surface area contributed by atoms with E-state index in [-0.39, 0.29) is 4.47 Å². The highest BCUT2D eigenvalue weighted by atomic mass is 79.9. The molecule has 0 aliphatic carbocycles. The summed E-state index contributed by atoms with van der Waals surface area (Å²) in [6, 6.07) is 1.17. The van der Waals surface area contributed by atoms with Crippen molar-refractivity contribution in [3.05, 3.63) is 32.9 Å². The topological polar surface area (TPSA) is 32.9 Å². The van der Waals surface area contributed by atoms with Gasteiger partial charge in [-0.2, -0.15) is 0 Å². The Morgan fingerprint density at radius 1 is 1.67 bits per heavy atom. The number of H-pyrrole nitrogens is 1. The third-order valence-electron chi connectivity index (χ3n) is 0.853. The van der Waals surface area contributed by atoms with Gasteiger partial charge >= 0.3 is 0 Å². The van der Waals surface area contributed by atoms with Crippen molar-refractivity contribution in [2.75, 3.05) is 0 Å². The molecule has 1 aromatic rings. The normalized spacial score (nSPS) is 9.56. The van der Waals surface area contributed by atoms with E-state index in [1.165, 1.54) is 12.3 Å². The van der Waals surface area contributed by atoms with E-state index in [0.29, 0.717) is 0 Å². The summed E-state index contributed by atoms with van der Waals surface area (Å²) in [5.74, 6) is -0.543. The average molecular weight is 192 g/mol. The molecule has 0 radical (unpaired) electrons. The Bertz CT molecular complexity index is 270. The van der Waals surface area contributed by atoms with E-state index in [1.807, 2.05) is 0 Å². The lowest BCUT2D eigenvalue weighted by atomic mass is 10.5. The van der Waals surface area contributed by atoms with Crippen LogP contribution in [0.3, 0.4) is 0 Å². The predicted octanol–water partition coefficient (Wildman–Crippen LogP) is 1.28. The van der Waals surface area contributed by atoms with E-state index < -0.39 is 11.4 Å². The van der Waals surface area contributed by atoms with Crippen LogP contribution >= 0.6 is 15.9 Å². The molecule has 1 heterocycles. The summed E-state index contributed by atoms with van der Waals surface area (Å²) in [4.78, 5) is 12.8. The Morgan fingerprint density at radius 3 is 2.78 bits per heavy atom. The molecule has 0 unspecified atom stereocenters. The van der Waals surface area contributed by atoms with Crippen molar-refractivity contribution in [3.63, 3.8) is 0 Å². The summed E-state index contributed by atoms with van der Waals surface area (Å²) in [5.41, 5.74) is -0.449. The minimum atomic E-state index is -0.543. The number of aromatic amines is 1. The summed E-state index contributed by atoms with van der Waals surface area (Å²) in [6.45, 7) is 0. The minimum absolute atomic E-state index is 0.0509. The molecule has 2 nitrogen and oxygen atoms in total. The Kier molecular flexibility index (Phi) is 1.66. The number of nitrogens with one attached hydrogen (secondary N) is 1. The first kappa shape index (κ1) is 6.48. The van der Waals surface area contributed by atoms with Gasteiger partial charge in [0.1, 0.15) is 10.3 Å². The fraction of sp³-hybridized carbons (Fsp3) is 0. The number of hydrogen-bond acceptors (Lipinski definition) is 1. The fourth-order valence-electron chi connectivity index (χ4n) is 0.436. The Morgan fingerprint density at radius 2 is 2.33 bits per heavy atom. The molecule has 4 heteroatoms. The number of aromatic nitrogens is 1. The van der Waals surface area contributed by atoms with E-state index in [0.717, 1.165) is 0 Å². The maximum Gasteiger partial charge on any atom is 0.265 e. The van der Waals surface area contributed by atoms with Gasteiger partial charge in [-0.15, -0.1) is 0 Å². The van der Waals surface area contributed by atoms with Crippen LogP contribution in [-0.4, -0.2) is 4.98 Å². The lowest BCUT2D eigenvalue weighted by molar-refractivity contribution is 0.616. The van der Waals surface area contributed by atoms with Crippen molar-refractivity contribution >= 4 is 15.9 Å². The maximum atomic E-state index is 12.3. The second-order valence-electron chi connectivity index (χ2n) is 1.47. The zero-order valence-corrected chi connectivity index (χ0v) is 5.90. The molecule has 0 bridgehead atoms. The highest BCUT2D eigenvalue weighted by Crippen LogP contribution is 2.05. The van der Waals surface area contributed by atoms with Gasteiger partial charge in [0, 0.05) is 6.20 Å². The van der Waals surface area contributed by atoms with Crippen LogP contribution in [0.4, 0.5) is 4.39 Å². The quantitative estimate of drug-likeness (QED) is 0.659. The Balaban J connectivity index is 3.43. The monoisotopic (exact) mass is 191 g/mol. The molecule has 0 amide bonds. The van der Waals surface area contributed by atoms with E-state index in [9.17, 15) is 9.18 Å². The maximum absolute atomic E-state index is 12.3. The van der Waals surface area contributed by atoms with Crippen molar-refractivity contribution in [2.24, 2.45) is 0 Å². The summed E-state index contributed by atoms with van der Waals surface area (Å²) >= 11 is 2.76. The van der Waals surface area contributed by atoms with Gasteiger partial charge in [0.15, 0.2) is 0 Å². The van der Waals surface area contributed by atoms with Crippen LogP contribution in [0.5, 0.6) is 0 Å². The highest BCUT2D eigenvalue weighted by Gasteiger charge is 1.99. The van der Waals surface area contributed by atoms with Gasteiger partial charge < -0.3 is 4.98 Å². The van der Waals surface area contributed by atoms with E-state index in [2.05, 4.69) is 20.9 Å². The Hall–Kier alpha value is -0.640. The van der Waals surface area contributed by atoms with Crippen molar-refractivity contribution in [2.45, 2.75) is 0 Å². The molecule has 1 rings (SSSR count). The minimum Gasteiger partial charge on any atom is -0.328 e. The lowest BCUT2D eigenvalue weighted by Crippen LogP contribution is -2.06. The first-order valence-corrected chi connectivity index (χ1v) is 3.04. The zero-order valence-electron chi connectivity index (χ0n) is 4.32. The van der Waals surface area contributed by atoms with E-state index in [4.69, 9.17) is 0 Å². The largest absolute Gasteiger partial charge is 0.328 e. The third kappa shape index (κ3) is 1.18. The van der Waals surface area contributed by atoms with Gasteiger partial charge in [-0.05, 0) is 22.0 Å². The van der Waals surface area contributed by atoms with Gasteiger partial charge in [-0.3, -0.25) is 4.79 Å². The smallest absolute Gasteiger partial charge is 0.265 e. The highest BCUT2D eigenvalue weighted by molar-refractivity contribution is 9.10. The lowest BCUT2D eigenvalue weighted by Gasteiger charge is -1.87. The van der Waals surface area contributed by atoms with Crippen LogP contribution < -0.4 is 5.56 Å². The van der Waals surface area contributed by atoms with E-state index >= 15 is 0 Å². The molecule has 0 spiro atoms. The van der Waals surface area contributed by atoms with Gasteiger partial charge in [-0.1, -0.05) is 0 Å². The van der Waals surface area contributed by atoms with Gasteiger partial charge in [0.05, 0.1) is 0 Å². The molecule has 0 aliphatic heterocycles. The number of halogens is 2. The first-order valence-electron chi connectivity index (χ1n) is 2.24. The Labute approximate surface area is 58.8 Å². The van der Waals surface area contributed by atoms with Crippen LogP contribution in [0.15, 0.2) is 21.5 Å². The second-order valence-corrected chi connectivity index (χ2v) is 2.26. The SMILES string of the molecule is O=c1[nH]ccc(F)c1Br. The summed E-state index contributed by atoms with van der Waals surface area (Å²) in [6.07, 6.45) is 1.25. The second kappa shape index (κ2) is 2.31. The van der Waals surface area contributed by atoms with Crippen molar-refractivity contribution in [1.29, 1.82) is 0 Å². The number of rotatable bonds is 0. The molecule has 0 saturated carbocycles. The van der Waals surface area contributed by atoms with Crippen molar-refractivity contribution in [3.8, 4) is 0 Å². The van der Waals surface area contributed by atoms with Gasteiger partial charge in [-0.25, -0.2) is 4.39 Å². The molecular weight excluding hydrogens is 189 g/mol. The molecule has 9 heavy (non-hydrogen) atoms. The van der Waals surface area contributed by atoms with Crippen LogP contribution in [0.25, 0.3) is 0 Å². The van der Waals surface area contributed by atoms with Crippen LogP contribution in [0.2, 0.25) is 0 Å². The summed E-state index contributed by atoms with van der Waals surface area (Å²) in [7, 11) is 0. The number of pyridine rings is 1. The predicted molar refractivity (Wildman–Crippen MR) is 34.7 cm³/mol. The molecule has 0 aliphatic rings. The van der Waals surface area contributed by atoms with Crippen molar-refractivity contribution in [1.82, 2.24) is 4.98 Å². The van der Waals surface area contributed by atoms with Crippen LogP contribution in [0.1, 0.15) is 0 Å². The molecule has 0 fully saturated rings. The summed E-state index contributed by atoms with van der Waals surface area (Å²) in [5, 5.41) is 0. The fourth-order valence-corrected chi connectivity index (χ4v) is 0.682. The van der Waals surface area contributed by atoms with Gasteiger partial charge in [0.2, 0.25) is 0 Å². The number of hydrogen-bond donors (Lipinski definition) is 1. The standard InChI is InChI=1S/C5H3BrFNO/c6-4-3(7)1-2-8-5(4)9/h1-2H,(H,8,9). The zero-order chi connectivity index (χ0) is 6.85. The van der Waals surface area contributed by atoms with E-state index in [1.54, 1.807) is 0 Å². The average Bonchev–Trinajstić information content (AvgIpc) is 1.83.